The Hall–Kier alpha value is -0.920. The molecule has 3 heterocycles. The van der Waals surface area contributed by atoms with Crippen molar-refractivity contribution in [1.82, 2.24) is 19.2 Å². The third-order valence-corrected chi connectivity index (χ3v) is 5.79. The summed E-state index contributed by atoms with van der Waals surface area (Å²) in [5.41, 5.74) is 0. The Labute approximate surface area is 113 Å². The van der Waals surface area contributed by atoms with Gasteiger partial charge in [-0.15, -0.1) is 0 Å². The molecule has 2 aliphatic heterocycles. The summed E-state index contributed by atoms with van der Waals surface area (Å²) in [5.74, 6) is 0.910. The van der Waals surface area contributed by atoms with Gasteiger partial charge in [0.2, 0.25) is 0 Å². The summed E-state index contributed by atoms with van der Waals surface area (Å²) in [4.78, 5) is 4.35. The number of piperazine rings is 1. The summed E-state index contributed by atoms with van der Waals surface area (Å²) in [6, 6.07) is -0.0162. The number of hydrogen-bond donors (Lipinski definition) is 1. The number of rotatable bonds is 2. The number of aryl methyl sites for hydroxylation is 2. The summed E-state index contributed by atoms with van der Waals surface area (Å²) in [6.45, 7) is 4.74. The molecular formula is C12H20N4O2S. The summed E-state index contributed by atoms with van der Waals surface area (Å²) in [7, 11) is -3.44. The number of hydrogen-bond acceptors (Lipinski definition) is 4. The van der Waals surface area contributed by atoms with Crippen LogP contribution in [0.3, 0.4) is 0 Å². The lowest BCUT2D eigenvalue weighted by molar-refractivity contribution is 0.283. The maximum Gasteiger partial charge on any atom is 0.262 e. The quantitative estimate of drug-likeness (QED) is 0.842. The van der Waals surface area contributed by atoms with Crippen molar-refractivity contribution in [3.05, 3.63) is 12.0 Å². The van der Waals surface area contributed by atoms with Crippen LogP contribution in [0.5, 0.6) is 0 Å². The van der Waals surface area contributed by atoms with Crippen LogP contribution >= 0.6 is 0 Å². The molecule has 1 aromatic heterocycles. The molecule has 2 aliphatic rings. The smallest absolute Gasteiger partial charge is 0.262 e. The molecule has 0 aromatic carbocycles. The zero-order valence-corrected chi connectivity index (χ0v) is 12.0. The average Bonchev–Trinajstić information content (AvgIpc) is 2.83. The van der Waals surface area contributed by atoms with Crippen LogP contribution < -0.4 is 5.32 Å². The van der Waals surface area contributed by atoms with Gasteiger partial charge in [-0.3, -0.25) is 0 Å². The number of fused-ring (bicyclic) bond motifs is 1. The highest BCUT2D eigenvalue weighted by molar-refractivity contribution is 7.89. The van der Waals surface area contributed by atoms with Gasteiger partial charge in [-0.05, 0) is 19.8 Å². The lowest BCUT2D eigenvalue weighted by atomic mass is 10.2. The van der Waals surface area contributed by atoms with Gasteiger partial charge in [0.1, 0.15) is 5.82 Å². The van der Waals surface area contributed by atoms with Crippen LogP contribution in [0.2, 0.25) is 0 Å². The maximum absolute atomic E-state index is 12.6. The lowest BCUT2D eigenvalue weighted by Gasteiger charge is -2.32. The predicted octanol–water partition coefficient (Wildman–Crippen LogP) is 0.202. The Morgan fingerprint density at radius 3 is 2.95 bits per heavy atom. The molecule has 6 nitrogen and oxygen atoms in total. The first-order valence-corrected chi connectivity index (χ1v) is 8.31. The third kappa shape index (κ3) is 2.30. The number of aromatic nitrogens is 2. The van der Waals surface area contributed by atoms with E-state index < -0.39 is 10.0 Å². The van der Waals surface area contributed by atoms with Crippen LogP contribution in [0.25, 0.3) is 0 Å². The van der Waals surface area contributed by atoms with E-state index in [4.69, 9.17) is 0 Å². The van der Waals surface area contributed by atoms with Crippen molar-refractivity contribution in [2.24, 2.45) is 0 Å². The summed E-state index contributed by atoms with van der Waals surface area (Å²) < 4.78 is 28.8. The van der Waals surface area contributed by atoms with E-state index in [1.54, 1.807) is 10.5 Å². The van der Waals surface area contributed by atoms with Crippen LogP contribution in [-0.4, -0.2) is 48.0 Å². The second-order valence-corrected chi connectivity index (χ2v) is 7.15. The number of imidazole rings is 1. The molecule has 106 valence electrons. The zero-order valence-electron chi connectivity index (χ0n) is 11.2. The van der Waals surface area contributed by atoms with E-state index in [2.05, 4.69) is 10.3 Å². The molecule has 1 atom stereocenters. The van der Waals surface area contributed by atoms with Crippen molar-refractivity contribution in [1.29, 1.82) is 0 Å². The van der Waals surface area contributed by atoms with Gasteiger partial charge in [-0.1, -0.05) is 0 Å². The highest BCUT2D eigenvalue weighted by atomic mass is 32.2. The summed E-state index contributed by atoms with van der Waals surface area (Å²) in [5, 5.41) is 3.43. The molecule has 1 saturated heterocycles. The van der Waals surface area contributed by atoms with Crippen LogP contribution in [-0.2, 0) is 23.0 Å². The molecule has 1 N–H and O–H groups in total. The predicted molar refractivity (Wildman–Crippen MR) is 71.4 cm³/mol. The van der Waals surface area contributed by atoms with Gasteiger partial charge < -0.3 is 9.88 Å². The molecule has 0 bridgehead atoms. The average molecular weight is 284 g/mol. The van der Waals surface area contributed by atoms with Gasteiger partial charge in [0, 0.05) is 44.8 Å². The maximum atomic E-state index is 12.6. The Morgan fingerprint density at radius 1 is 1.37 bits per heavy atom. The Balaban J connectivity index is 1.93. The van der Waals surface area contributed by atoms with Crippen molar-refractivity contribution in [3.63, 3.8) is 0 Å². The van der Waals surface area contributed by atoms with E-state index in [9.17, 15) is 8.42 Å². The van der Waals surface area contributed by atoms with E-state index in [0.29, 0.717) is 19.6 Å². The topological polar surface area (TPSA) is 67.2 Å². The molecule has 0 saturated carbocycles. The molecule has 7 heteroatoms. The van der Waals surface area contributed by atoms with Gasteiger partial charge in [0.25, 0.3) is 10.0 Å². The van der Waals surface area contributed by atoms with E-state index in [-0.39, 0.29) is 11.1 Å². The highest BCUT2D eigenvalue weighted by Gasteiger charge is 2.33. The van der Waals surface area contributed by atoms with Gasteiger partial charge >= 0.3 is 0 Å². The van der Waals surface area contributed by atoms with Crippen molar-refractivity contribution in [3.8, 4) is 0 Å². The number of nitrogens with zero attached hydrogens (tertiary/aromatic N) is 3. The minimum atomic E-state index is -3.44. The molecule has 19 heavy (non-hydrogen) atoms. The zero-order chi connectivity index (χ0) is 13.5. The van der Waals surface area contributed by atoms with Gasteiger partial charge in [0.15, 0.2) is 5.03 Å². The first-order chi connectivity index (χ1) is 9.09. The molecular weight excluding hydrogens is 264 g/mol. The first kappa shape index (κ1) is 13.1. The van der Waals surface area contributed by atoms with Crippen LogP contribution in [0.4, 0.5) is 0 Å². The van der Waals surface area contributed by atoms with E-state index in [0.717, 1.165) is 31.6 Å². The van der Waals surface area contributed by atoms with Crippen molar-refractivity contribution in [2.75, 3.05) is 19.6 Å². The van der Waals surface area contributed by atoms with Crippen LogP contribution in [0, 0.1) is 0 Å². The standard InChI is InChI=1S/C12H20N4O2S/c1-10-8-13-5-7-16(10)19(17,18)12-9-15-6-3-2-4-11(15)14-12/h9-10,13H,2-8H2,1H3/t10-/m1/s1. The number of nitrogens with one attached hydrogen (secondary N) is 1. The Kier molecular flexibility index (Phi) is 3.36. The Morgan fingerprint density at radius 2 is 2.21 bits per heavy atom. The largest absolute Gasteiger partial charge is 0.333 e. The third-order valence-electron chi connectivity index (χ3n) is 3.90. The van der Waals surface area contributed by atoms with Crippen LogP contribution in [0.1, 0.15) is 25.6 Å². The second-order valence-electron chi connectivity index (χ2n) is 5.31. The molecule has 0 radical (unpaired) electrons. The molecule has 1 fully saturated rings. The normalized spacial score (nSPS) is 25.2. The lowest BCUT2D eigenvalue weighted by Crippen LogP contribution is -2.52. The molecule has 0 spiro atoms. The van der Waals surface area contributed by atoms with E-state index in [1.807, 2.05) is 11.5 Å². The molecule has 3 rings (SSSR count). The van der Waals surface area contributed by atoms with E-state index in [1.165, 1.54) is 0 Å². The molecule has 0 amide bonds. The first-order valence-electron chi connectivity index (χ1n) is 6.87. The molecule has 0 aliphatic carbocycles. The SMILES string of the molecule is C[C@@H]1CNCCN1S(=O)(=O)c1cn2c(n1)CCCC2. The van der Waals surface area contributed by atoms with Gasteiger partial charge in [0.05, 0.1) is 0 Å². The monoisotopic (exact) mass is 284 g/mol. The molecule has 1 aromatic rings. The second kappa shape index (κ2) is 4.88. The summed E-state index contributed by atoms with van der Waals surface area (Å²) >= 11 is 0. The van der Waals surface area contributed by atoms with Crippen molar-refractivity contribution in [2.45, 2.75) is 43.8 Å². The Bertz CT molecular complexity index is 543. The fraction of sp³-hybridized carbons (Fsp3) is 0.750. The van der Waals surface area contributed by atoms with E-state index >= 15 is 0 Å². The minimum Gasteiger partial charge on any atom is -0.333 e. The van der Waals surface area contributed by atoms with Crippen LogP contribution in [0.15, 0.2) is 11.2 Å². The van der Waals surface area contributed by atoms with Crippen molar-refractivity contribution >= 4 is 10.0 Å². The number of sulfonamides is 1. The summed E-state index contributed by atoms with van der Waals surface area (Å²) in [6.07, 6.45) is 4.79. The van der Waals surface area contributed by atoms with Gasteiger partial charge in [-0.2, -0.15) is 4.31 Å². The fourth-order valence-electron chi connectivity index (χ4n) is 2.81. The highest BCUT2D eigenvalue weighted by Crippen LogP contribution is 2.22. The van der Waals surface area contributed by atoms with Crippen molar-refractivity contribution < 1.29 is 8.42 Å². The molecule has 0 unspecified atom stereocenters. The minimum absolute atomic E-state index is 0.0162. The van der Waals surface area contributed by atoms with Gasteiger partial charge in [-0.25, -0.2) is 13.4 Å². The fourth-order valence-corrected chi connectivity index (χ4v) is 4.41.